The molecule has 0 atom stereocenters. The first kappa shape index (κ1) is 29.5. The fraction of sp³-hybridized carbons (Fsp3) is 0.219. The van der Waals surface area contributed by atoms with Gasteiger partial charge in [-0.15, -0.1) is 0 Å². The summed E-state index contributed by atoms with van der Waals surface area (Å²) in [5, 5.41) is 2.74. The van der Waals surface area contributed by atoms with Gasteiger partial charge in [0, 0.05) is 35.6 Å². The lowest BCUT2D eigenvalue weighted by Gasteiger charge is -2.17. The average Bonchev–Trinajstić information content (AvgIpc) is 3.88. The second kappa shape index (κ2) is 11.8. The van der Waals surface area contributed by atoms with Crippen LogP contribution in [0.15, 0.2) is 59.8 Å². The molecule has 1 amide bonds. The summed E-state index contributed by atoms with van der Waals surface area (Å²) in [5.41, 5.74) is 1.34. The van der Waals surface area contributed by atoms with Crippen molar-refractivity contribution in [2.45, 2.75) is 25.7 Å². The molecular formula is C32H27F2N5O6. The predicted octanol–water partition coefficient (Wildman–Crippen LogP) is 5.71. The number of amides is 1. The average molecular weight is 616 g/mol. The summed E-state index contributed by atoms with van der Waals surface area (Å²) in [6.07, 6.45) is 4.51. The summed E-state index contributed by atoms with van der Waals surface area (Å²) in [6, 6.07) is 9.70. The molecule has 230 valence electrons. The Balaban J connectivity index is 1.30. The van der Waals surface area contributed by atoms with Crippen LogP contribution < -0.4 is 29.8 Å². The van der Waals surface area contributed by atoms with Crippen LogP contribution in [0, 0.1) is 18.6 Å². The molecule has 1 N–H and O–H groups in total. The molecule has 1 aliphatic rings. The topological polar surface area (TPSA) is 127 Å². The van der Waals surface area contributed by atoms with Crippen LogP contribution in [-0.4, -0.2) is 46.8 Å². The van der Waals surface area contributed by atoms with Gasteiger partial charge in [0.2, 0.25) is 17.5 Å². The number of carbonyl (C=O) groups is 1. The zero-order valence-corrected chi connectivity index (χ0v) is 24.7. The van der Waals surface area contributed by atoms with Crippen molar-refractivity contribution in [3.05, 3.63) is 93.8 Å². The number of nitrogens with zero attached hydrogens (tertiary/aromatic N) is 4. The van der Waals surface area contributed by atoms with Crippen molar-refractivity contribution in [2.75, 3.05) is 26.6 Å². The minimum Gasteiger partial charge on any atom is -0.493 e. The number of carbonyl (C=O) groups excluding carboxylic acids is 1. The van der Waals surface area contributed by atoms with Crippen molar-refractivity contribution in [1.29, 1.82) is 0 Å². The quantitative estimate of drug-likeness (QED) is 0.222. The first-order chi connectivity index (χ1) is 21.7. The lowest BCUT2D eigenvalue weighted by atomic mass is 10.1. The molecule has 1 aliphatic carbocycles. The highest BCUT2D eigenvalue weighted by Gasteiger charge is 2.29. The molecule has 11 nitrogen and oxygen atoms in total. The smallest absolute Gasteiger partial charge is 0.268 e. The van der Waals surface area contributed by atoms with E-state index in [-0.39, 0.29) is 23.0 Å². The third kappa shape index (κ3) is 5.59. The Hall–Kier alpha value is -5.59. The van der Waals surface area contributed by atoms with Crippen molar-refractivity contribution in [1.82, 2.24) is 19.5 Å². The van der Waals surface area contributed by atoms with Crippen molar-refractivity contribution in [2.24, 2.45) is 0 Å². The molecule has 5 aromatic rings. The molecule has 6 rings (SSSR count). The van der Waals surface area contributed by atoms with Crippen LogP contribution in [0.3, 0.4) is 0 Å². The Bertz CT molecular complexity index is 2010. The summed E-state index contributed by atoms with van der Waals surface area (Å²) in [4.78, 5) is 39.4. The Morgan fingerprint density at radius 3 is 2.29 bits per heavy atom. The molecule has 0 unspecified atom stereocenters. The molecule has 0 aliphatic heterocycles. The van der Waals surface area contributed by atoms with E-state index in [1.54, 1.807) is 18.2 Å². The second-order valence-electron chi connectivity index (χ2n) is 10.3. The monoisotopic (exact) mass is 615 g/mol. The van der Waals surface area contributed by atoms with E-state index < -0.39 is 28.9 Å². The summed E-state index contributed by atoms with van der Waals surface area (Å²) in [6.45, 7) is 1.81. The molecule has 0 spiro atoms. The van der Waals surface area contributed by atoms with Crippen molar-refractivity contribution >= 4 is 22.5 Å². The van der Waals surface area contributed by atoms with Gasteiger partial charge in [-0.25, -0.2) is 23.7 Å². The van der Waals surface area contributed by atoms with Crippen molar-refractivity contribution in [3.63, 3.8) is 0 Å². The molecule has 45 heavy (non-hydrogen) atoms. The van der Waals surface area contributed by atoms with E-state index in [2.05, 4.69) is 20.3 Å². The lowest BCUT2D eigenvalue weighted by molar-refractivity contribution is 0.102. The lowest BCUT2D eigenvalue weighted by Crippen LogP contribution is -2.30. The van der Waals surface area contributed by atoms with Crippen LogP contribution >= 0.6 is 0 Å². The third-order valence-corrected chi connectivity index (χ3v) is 7.42. The Labute approximate surface area is 255 Å². The van der Waals surface area contributed by atoms with Crippen LogP contribution in [0.1, 0.15) is 40.4 Å². The van der Waals surface area contributed by atoms with Gasteiger partial charge in [-0.2, -0.15) is 0 Å². The molecular weight excluding hydrogens is 588 g/mol. The third-order valence-electron chi connectivity index (χ3n) is 7.42. The first-order valence-corrected chi connectivity index (χ1v) is 13.8. The van der Waals surface area contributed by atoms with E-state index in [0.717, 1.165) is 36.2 Å². The van der Waals surface area contributed by atoms with E-state index in [1.165, 1.54) is 50.6 Å². The molecule has 0 saturated heterocycles. The van der Waals surface area contributed by atoms with Gasteiger partial charge in [0.05, 0.1) is 44.1 Å². The highest BCUT2D eigenvalue weighted by molar-refractivity contribution is 6.04. The van der Waals surface area contributed by atoms with Gasteiger partial charge < -0.3 is 24.3 Å². The molecule has 1 saturated carbocycles. The molecule has 13 heteroatoms. The second-order valence-corrected chi connectivity index (χ2v) is 10.3. The number of fused-ring (bicyclic) bond motifs is 1. The van der Waals surface area contributed by atoms with Gasteiger partial charge in [-0.05, 0) is 49.4 Å². The number of nitrogens with one attached hydrogen (secondary N) is 1. The highest BCUT2D eigenvalue weighted by Crippen LogP contribution is 2.41. The standard InChI is InChI=1S/C32H27F2N5O6/c1-16-9-28(44-4)35-14-25(16)39-24(17-5-6-17)8-7-19(32(39)41)30(40)38-18-10-21(33)29(22(34)11-18)45-31-20-12-26(42-2)27(43-3)13-23(20)36-15-37-31/h7-15,17H,5-6H2,1-4H3,(H,38,40). The number of benzene rings is 2. The summed E-state index contributed by atoms with van der Waals surface area (Å²) in [7, 11) is 4.39. The summed E-state index contributed by atoms with van der Waals surface area (Å²) < 4.78 is 53.3. The zero-order chi connectivity index (χ0) is 31.8. The number of rotatable bonds is 9. The largest absolute Gasteiger partial charge is 0.493 e. The number of anilines is 1. The highest BCUT2D eigenvalue weighted by atomic mass is 19.1. The molecule has 3 heterocycles. The fourth-order valence-corrected chi connectivity index (χ4v) is 5.01. The number of aromatic nitrogens is 4. The van der Waals surface area contributed by atoms with Gasteiger partial charge in [-0.1, -0.05) is 0 Å². The molecule has 1 fully saturated rings. The normalized spacial score (nSPS) is 12.6. The van der Waals surface area contributed by atoms with Crippen molar-refractivity contribution in [3.8, 4) is 34.7 Å². The van der Waals surface area contributed by atoms with Gasteiger partial charge in [0.1, 0.15) is 11.9 Å². The van der Waals surface area contributed by atoms with E-state index in [9.17, 15) is 9.59 Å². The minimum atomic E-state index is -1.11. The van der Waals surface area contributed by atoms with Gasteiger partial charge in [-0.3, -0.25) is 14.2 Å². The Morgan fingerprint density at radius 2 is 1.64 bits per heavy atom. The minimum absolute atomic E-state index is 0.129. The number of hydrogen-bond donors (Lipinski definition) is 1. The van der Waals surface area contributed by atoms with Gasteiger partial charge >= 0.3 is 0 Å². The molecule has 3 aromatic heterocycles. The first-order valence-electron chi connectivity index (χ1n) is 13.8. The maximum Gasteiger partial charge on any atom is 0.268 e. The van der Waals surface area contributed by atoms with Gasteiger partial charge in [0.25, 0.3) is 11.5 Å². The zero-order valence-electron chi connectivity index (χ0n) is 24.7. The number of ether oxygens (including phenoxy) is 4. The predicted molar refractivity (Wildman–Crippen MR) is 160 cm³/mol. The number of hydrogen-bond acceptors (Lipinski definition) is 9. The summed E-state index contributed by atoms with van der Waals surface area (Å²) in [5.74, 6) is -2.65. The maximum atomic E-state index is 15.2. The Kier molecular flexibility index (Phi) is 7.75. The van der Waals surface area contributed by atoms with E-state index in [4.69, 9.17) is 18.9 Å². The van der Waals surface area contributed by atoms with E-state index in [1.807, 2.05) is 6.92 Å². The fourth-order valence-electron chi connectivity index (χ4n) is 5.01. The number of pyridine rings is 2. The van der Waals surface area contributed by atoms with E-state index >= 15 is 8.78 Å². The number of halogens is 2. The maximum absolute atomic E-state index is 15.2. The summed E-state index contributed by atoms with van der Waals surface area (Å²) >= 11 is 0. The SMILES string of the molecule is COc1cc(C)c(-n2c(C3CC3)ccc(C(=O)Nc3cc(F)c(Oc4ncnc5cc(OC)c(OC)cc45)c(F)c3)c2=O)cn1. The van der Waals surface area contributed by atoms with Crippen molar-refractivity contribution < 1.29 is 32.5 Å². The van der Waals surface area contributed by atoms with Crippen LogP contribution in [0.4, 0.5) is 14.5 Å². The molecule has 0 radical (unpaired) electrons. The molecule has 2 aromatic carbocycles. The Morgan fingerprint density at radius 1 is 0.933 bits per heavy atom. The van der Waals surface area contributed by atoms with Crippen LogP contribution in [0.2, 0.25) is 0 Å². The number of aryl methyl sites for hydroxylation is 1. The van der Waals surface area contributed by atoms with Crippen LogP contribution in [-0.2, 0) is 0 Å². The van der Waals surface area contributed by atoms with Crippen LogP contribution in [0.25, 0.3) is 16.6 Å². The van der Waals surface area contributed by atoms with E-state index in [0.29, 0.717) is 34.0 Å². The van der Waals surface area contributed by atoms with Gasteiger partial charge in [0.15, 0.2) is 23.1 Å². The number of methoxy groups -OCH3 is 3. The molecule has 0 bridgehead atoms. The van der Waals surface area contributed by atoms with Crippen LogP contribution in [0.5, 0.6) is 29.0 Å².